The van der Waals surface area contributed by atoms with Gasteiger partial charge in [0.05, 0.1) is 11.4 Å². The van der Waals surface area contributed by atoms with Crippen molar-refractivity contribution in [2.45, 2.75) is 13.3 Å². The number of nitrogens with two attached hydrogens (primary N) is 2. The summed E-state index contributed by atoms with van der Waals surface area (Å²) in [5.74, 6) is -0.266. The number of rotatable bonds is 6. The third kappa shape index (κ3) is 4.03. The Hall–Kier alpha value is -1.62. The monoisotopic (exact) mass is 239 g/mol. The maximum Gasteiger partial charge on any atom is 0.131 e. The number of carbonyl (C=O) groups is 1. The van der Waals surface area contributed by atoms with Gasteiger partial charge in [0.2, 0.25) is 0 Å². The van der Waals surface area contributed by atoms with E-state index >= 15 is 0 Å². The van der Waals surface area contributed by atoms with Gasteiger partial charge in [-0.1, -0.05) is 0 Å². The zero-order valence-electron chi connectivity index (χ0n) is 9.95. The first-order valence-corrected chi connectivity index (χ1v) is 5.54. The number of hydrogen-bond acceptors (Lipinski definition) is 4. The summed E-state index contributed by atoms with van der Waals surface area (Å²) in [4.78, 5) is 12.9. The van der Waals surface area contributed by atoms with Gasteiger partial charge in [0, 0.05) is 26.1 Å². The number of ketones is 1. The molecule has 0 atom stereocenters. The van der Waals surface area contributed by atoms with E-state index in [4.69, 9.17) is 11.5 Å². The largest absolute Gasteiger partial charge is 0.397 e. The first kappa shape index (κ1) is 13.4. The van der Waals surface area contributed by atoms with Crippen LogP contribution in [0, 0.1) is 5.82 Å². The second-order valence-corrected chi connectivity index (χ2v) is 3.93. The summed E-state index contributed by atoms with van der Waals surface area (Å²) in [7, 11) is 0. The quantitative estimate of drug-likeness (QED) is 0.730. The molecular weight excluding hydrogens is 221 g/mol. The Kier molecular flexibility index (Phi) is 4.90. The summed E-state index contributed by atoms with van der Waals surface area (Å²) in [6, 6.07) is 4.23. The van der Waals surface area contributed by atoms with Gasteiger partial charge in [-0.25, -0.2) is 4.39 Å². The zero-order chi connectivity index (χ0) is 12.8. The topological polar surface area (TPSA) is 72.3 Å². The van der Waals surface area contributed by atoms with Crippen LogP contribution in [0.4, 0.5) is 15.8 Å². The Morgan fingerprint density at radius 3 is 2.65 bits per heavy atom. The first-order valence-electron chi connectivity index (χ1n) is 5.54. The molecule has 5 heteroatoms. The number of nitrogens with zero attached hydrogens (tertiary/aromatic N) is 1. The van der Waals surface area contributed by atoms with Crippen LogP contribution in [0.2, 0.25) is 0 Å². The summed E-state index contributed by atoms with van der Waals surface area (Å²) in [5.41, 5.74) is 12.3. The highest BCUT2D eigenvalue weighted by Gasteiger charge is 2.10. The molecule has 0 saturated heterocycles. The number of carbonyl (C=O) groups excluding carboxylic acids is 1. The highest BCUT2D eigenvalue weighted by molar-refractivity contribution is 5.76. The summed E-state index contributed by atoms with van der Waals surface area (Å²) >= 11 is 0. The molecular formula is C12H18FN3O. The lowest BCUT2D eigenvalue weighted by atomic mass is 10.2. The zero-order valence-corrected chi connectivity index (χ0v) is 9.95. The fourth-order valence-electron chi connectivity index (χ4n) is 1.61. The van der Waals surface area contributed by atoms with Gasteiger partial charge in [-0.15, -0.1) is 0 Å². The lowest BCUT2D eigenvalue weighted by molar-refractivity contribution is -0.116. The van der Waals surface area contributed by atoms with Crippen LogP contribution in [0.3, 0.4) is 0 Å². The third-order valence-electron chi connectivity index (χ3n) is 2.46. The second kappa shape index (κ2) is 6.20. The minimum atomic E-state index is -0.370. The van der Waals surface area contributed by atoms with Crippen LogP contribution in [-0.2, 0) is 4.79 Å². The molecule has 0 aliphatic carbocycles. The van der Waals surface area contributed by atoms with Gasteiger partial charge in [-0.05, 0) is 25.1 Å². The van der Waals surface area contributed by atoms with Crippen LogP contribution in [0.25, 0.3) is 0 Å². The number of benzene rings is 1. The van der Waals surface area contributed by atoms with Gasteiger partial charge >= 0.3 is 0 Å². The van der Waals surface area contributed by atoms with Crippen molar-refractivity contribution >= 4 is 17.2 Å². The van der Waals surface area contributed by atoms with E-state index in [1.165, 1.54) is 19.1 Å². The normalized spacial score (nSPS) is 10.3. The van der Waals surface area contributed by atoms with Gasteiger partial charge in [0.1, 0.15) is 11.6 Å². The minimum absolute atomic E-state index is 0.104. The molecule has 0 bridgehead atoms. The summed E-state index contributed by atoms with van der Waals surface area (Å²) in [6.45, 7) is 3.12. The van der Waals surface area contributed by atoms with E-state index in [1.54, 1.807) is 6.07 Å². The minimum Gasteiger partial charge on any atom is -0.397 e. The van der Waals surface area contributed by atoms with E-state index in [9.17, 15) is 9.18 Å². The van der Waals surface area contributed by atoms with Crippen molar-refractivity contribution in [1.82, 2.24) is 0 Å². The average Bonchev–Trinajstić information content (AvgIpc) is 2.24. The Balaban J connectivity index is 2.84. The van der Waals surface area contributed by atoms with Gasteiger partial charge in [-0.2, -0.15) is 0 Å². The standard InChI is InChI=1S/C12H18FN3O/c1-9(17)4-6-16(7-5-14)12-3-2-10(13)8-11(12)15/h2-3,8H,4-7,14-15H2,1H3. The van der Waals surface area contributed by atoms with E-state index in [0.29, 0.717) is 31.7 Å². The van der Waals surface area contributed by atoms with Crippen molar-refractivity contribution in [3.8, 4) is 0 Å². The van der Waals surface area contributed by atoms with Crippen molar-refractivity contribution in [3.63, 3.8) is 0 Å². The molecule has 1 aromatic carbocycles. The first-order chi connectivity index (χ1) is 8.04. The average molecular weight is 239 g/mol. The van der Waals surface area contributed by atoms with Gasteiger partial charge < -0.3 is 16.4 Å². The molecule has 4 N–H and O–H groups in total. The molecule has 0 aromatic heterocycles. The van der Waals surface area contributed by atoms with E-state index in [0.717, 1.165) is 5.69 Å². The fraction of sp³-hybridized carbons (Fsp3) is 0.417. The summed E-state index contributed by atoms with van der Waals surface area (Å²) in [6.07, 6.45) is 0.427. The van der Waals surface area contributed by atoms with Crippen molar-refractivity contribution in [3.05, 3.63) is 24.0 Å². The molecule has 0 unspecified atom stereocenters. The van der Waals surface area contributed by atoms with Crippen LogP contribution in [0.5, 0.6) is 0 Å². The van der Waals surface area contributed by atoms with E-state index in [2.05, 4.69) is 0 Å². The smallest absolute Gasteiger partial charge is 0.131 e. The Bertz CT molecular complexity index is 395. The molecule has 1 rings (SSSR count). The third-order valence-corrected chi connectivity index (χ3v) is 2.46. The maximum absolute atomic E-state index is 12.9. The van der Waals surface area contributed by atoms with Crippen LogP contribution >= 0.6 is 0 Å². The van der Waals surface area contributed by atoms with Gasteiger partial charge in [0.15, 0.2) is 0 Å². The number of Topliss-reactive ketones (excluding diaryl/α,β-unsaturated/α-hetero) is 1. The van der Waals surface area contributed by atoms with E-state index in [-0.39, 0.29) is 11.6 Å². The van der Waals surface area contributed by atoms with Gasteiger partial charge in [0.25, 0.3) is 0 Å². The molecule has 0 aliphatic rings. The highest BCUT2D eigenvalue weighted by Crippen LogP contribution is 2.23. The lowest BCUT2D eigenvalue weighted by Gasteiger charge is -2.25. The number of anilines is 2. The Labute approximate surface area is 100 Å². The highest BCUT2D eigenvalue weighted by atomic mass is 19.1. The molecule has 0 amide bonds. The van der Waals surface area contributed by atoms with Crippen LogP contribution in [0.1, 0.15) is 13.3 Å². The van der Waals surface area contributed by atoms with E-state index in [1.807, 2.05) is 4.90 Å². The molecule has 0 aliphatic heterocycles. The summed E-state index contributed by atoms with van der Waals surface area (Å²) in [5, 5.41) is 0. The predicted octanol–water partition coefficient (Wildman–Crippen LogP) is 1.15. The van der Waals surface area contributed by atoms with Crippen LogP contribution in [-0.4, -0.2) is 25.4 Å². The number of nitrogen functional groups attached to an aromatic ring is 1. The fourth-order valence-corrected chi connectivity index (χ4v) is 1.61. The number of hydrogen-bond donors (Lipinski definition) is 2. The molecule has 0 fully saturated rings. The summed E-state index contributed by atoms with van der Waals surface area (Å²) < 4.78 is 12.9. The van der Waals surface area contributed by atoms with Crippen molar-refractivity contribution in [1.29, 1.82) is 0 Å². The molecule has 94 valence electrons. The van der Waals surface area contributed by atoms with Crippen LogP contribution < -0.4 is 16.4 Å². The molecule has 17 heavy (non-hydrogen) atoms. The lowest BCUT2D eigenvalue weighted by Crippen LogP contribution is -2.31. The second-order valence-electron chi connectivity index (χ2n) is 3.93. The number of halogens is 1. The van der Waals surface area contributed by atoms with Crippen molar-refractivity contribution in [2.75, 3.05) is 30.3 Å². The Morgan fingerprint density at radius 2 is 2.12 bits per heavy atom. The molecule has 1 aromatic rings. The molecule has 4 nitrogen and oxygen atoms in total. The van der Waals surface area contributed by atoms with Gasteiger partial charge in [-0.3, -0.25) is 4.79 Å². The molecule has 0 spiro atoms. The van der Waals surface area contributed by atoms with Crippen LogP contribution in [0.15, 0.2) is 18.2 Å². The molecule has 0 radical (unpaired) electrons. The molecule has 0 heterocycles. The van der Waals surface area contributed by atoms with Crippen molar-refractivity contribution in [2.24, 2.45) is 5.73 Å². The van der Waals surface area contributed by atoms with Crippen molar-refractivity contribution < 1.29 is 9.18 Å². The predicted molar refractivity (Wildman–Crippen MR) is 67.4 cm³/mol. The SMILES string of the molecule is CC(=O)CCN(CCN)c1ccc(F)cc1N. The molecule has 0 saturated carbocycles. The van der Waals surface area contributed by atoms with E-state index < -0.39 is 0 Å². The Morgan fingerprint density at radius 1 is 1.41 bits per heavy atom. The maximum atomic E-state index is 12.9.